The summed E-state index contributed by atoms with van der Waals surface area (Å²) in [6.45, 7) is 13.0. The molecule has 29 heavy (non-hydrogen) atoms. The highest BCUT2D eigenvalue weighted by molar-refractivity contribution is 5.85. The van der Waals surface area contributed by atoms with Gasteiger partial charge < -0.3 is 14.9 Å². The lowest BCUT2D eigenvalue weighted by Gasteiger charge is -2.55. The van der Waals surface area contributed by atoms with E-state index in [1.165, 1.54) is 30.1 Å². The van der Waals surface area contributed by atoms with E-state index in [-0.39, 0.29) is 17.3 Å². The second kappa shape index (κ2) is 8.39. The summed E-state index contributed by atoms with van der Waals surface area (Å²) >= 11 is 0. The number of carbonyl (C=O) groups excluding carboxylic acids is 1. The van der Waals surface area contributed by atoms with Gasteiger partial charge in [0.1, 0.15) is 0 Å². The predicted molar refractivity (Wildman–Crippen MR) is 115 cm³/mol. The van der Waals surface area contributed by atoms with Gasteiger partial charge in [-0.3, -0.25) is 0 Å². The minimum Gasteiger partial charge on any atom is -0.429 e. The van der Waals surface area contributed by atoms with Gasteiger partial charge in [-0.2, -0.15) is 0 Å². The fraction of sp³-hybridized carbons (Fsp3) is 0.720. The SMILES string of the molecule is C=C(C)CCC[C@]1(C)CCC[C@@H]2C1=CC[C@@H](C)[C@]2(C)C(O)CC1=CC(=O)OC1O. The number of allylic oxidation sites excluding steroid dienone is 3. The van der Waals surface area contributed by atoms with Crippen molar-refractivity contribution in [3.8, 4) is 0 Å². The van der Waals surface area contributed by atoms with E-state index in [0.717, 1.165) is 32.1 Å². The molecule has 1 heterocycles. The van der Waals surface area contributed by atoms with Crippen LogP contribution in [0.3, 0.4) is 0 Å². The van der Waals surface area contributed by atoms with Gasteiger partial charge in [-0.25, -0.2) is 4.79 Å². The summed E-state index contributed by atoms with van der Waals surface area (Å²) in [6, 6.07) is 0. The van der Waals surface area contributed by atoms with Gasteiger partial charge in [0.2, 0.25) is 6.29 Å². The van der Waals surface area contributed by atoms with E-state index in [1.54, 1.807) is 0 Å². The molecule has 1 aliphatic heterocycles. The first-order chi connectivity index (χ1) is 13.6. The zero-order chi connectivity index (χ0) is 21.4. The highest BCUT2D eigenvalue weighted by atomic mass is 16.6. The number of hydrogen-bond acceptors (Lipinski definition) is 4. The lowest BCUT2D eigenvalue weighted by atomic mass is 9.50. The summed E-state index contributed by atoms with van der Waals surface area (Å²) in [5.74, 6) is 0.144. The van der Waals surface area contributed by atoms with Gasteiger partial charge in [-0.05, 0) is 62.7 Å². The number of rotatable bonds is 7. The summed E-state index contributed by atoms with van der Waals surface area (Å²) in [5.41, 5.74) is 3.16. The maximum absolute atomic E-state index is 11.5. The lowest BCUT2D eigenvalue weighted by Crippen LogP contribution is -2.51. The lowest BCUT2D eigenvalue weighted by molar-refractivity contribution is -0.151. The topological polar surface area (TPSA) is 66.8 Å². The van der Waals surface area contributed by atoms with Gasteiger partial charge in [0.15, 0.2) is 0 Å². The number of aliphatic hydroxyl groups is 2. The van der Waals surface area contributed by atoms with Gasteiger partial charge in [-0.15, -0.1) is 6.58 Å². The summed E-state index contributed by atoms with van der Waals surface area (Å²) in [5, 5.41) is 21.3. The Morgan fingerprint density at radius 2 is 2.14 bits per heavy atom. The minimum atomic E-state index is -1.21. The molecule has 0 amide bonds. The summed E-state index contributed by atoms with van der Waals surface area (Å²) < 4.78 is 4.82. The average Bonchev–Trinajstić information content (AvgIpc) is 2.95. The Morgan fingerprint density at radius 3 is 2.76 bits per heavy atom. The van der Waals surface area contributed by atoms with Crippen LogP contribution in [-0.2, 0) is 9.53 Å². The second-order valence-electron chi connectivity index (χ2n) is 10.2. The highest BCUT2D eigenvalue weighted by Gasteiger charge is 2.52. The molecule has 0 aromatic heterocycles. The molecule has 2 unspecified atom stereocenters. The Balaban J connectivity index is 1.82. The Morgan fingerprint density at radius 1 is 1.41 bits per heavy atom. The van der Waals surface area contributed by atoms with Crippen LogP contribution in [-0.4, -0.2) is 28.6 Å². The molecule has 0 radical (unpaired) electrons. The van der Waals surface area contributed by atoms with E-state index in [4.69, 9.17) is 4.74 Å². The molecule has 0 spiro atoms. The number of carbonyl (C=O) groups is 1. The summed E-state index contributed by atoms with van der Waals surface area (Å²) in [7, 11) is 0. The van der Waals surface area contributed by atoms with Crippen molar-refractivity contribution in [3.63, 3.8) is 0 Å². The van der Waals surface area contributed by atoms with Crippen LogP contribution in [0.5, 0.6) is 0 Å². The zero-order valence-corrected chi connectivity index (χ0v) is 18.5. The molecule has 2 N–H and O–H groups in total. The third kappa shape index (κ3) is 4.25. The average molecular weight is 403 g/mol. The third-order valence-corrected chi connectivity index (χ3v) is 8.13. The Bertz CT molecular complexity index is 720. The van der Waals surface area contributed by atoms with Crippen LogP contribution in [0.2, 0.25) is 0 Å². The second-order valence-corrected chi connectivity index (χ2v) is 10.2. The Kier molecular flexibility index (Phi) is 6.45. The third-order valence-electron chi connectivity index (χ3n) is 8.13. The van der Waals surface area contributed by atoms with Crippen molar-refractivity contribution in [1.29, 1.82) is 0 Å². The number of hydrogen-bond donors (Lipinski definition) is 2. The van der Waals surface area contributed by atoms with Crippen LogP contribution in [0.4, 0.5) is 0 Å². The molecule has 6 atom stereocenters. The molecule has 4 heteroatoms. The molecule has 0 aromatic rings. The molecule has 1 saturated carbocycles. The fourth-order valence-electron chi connectivity index (χ4n) is 6.01. The number of cyclic esters (lactones) is 1. The van der Waals surface area contributed by atoms with Crippen molar-refractivity contribution in [2.75, 3.05) is 0 Å². The summed E-state index contributed by atoms with van der Waals surface area (Å²) in [4.78, 5) is 11.5. The molecule has 3 rings (SSSR count). The van der Waals surface area contributed by atoms with Crippen molar-refractivity contribution < 1.29 is 19.7 Å². The molecule has 1 fully saturated rings. The van der Waals surface area contributed by atoms with E-state index in [0.29, 0.717) is 17.4 Å². The van der Waals surface area contributed by atoms with Crippen LogP contribution >= 0.6 is 0 Å². The zero-order valence-electron chi connectivity index (χ0n) is 18.5. The number of aliphatic hydroxyl groups excluding tert-OH is 2. The van der Waals surface area contributed by atoms with Crippen LogP contribution < -0.4 is 0 Å². The standard InChI is InChI=1S/C25H38O4/c1-16(2)8-6-12-24(4)13-7-9-20-19(24)11-10-17(3)25(20,5)21(26)14-18-15-22(27)29-23(18)28/h11,15,17,20-21,23,26,28H,1,6-10,12-14H2,2-5H3/t17-,20-,21?,23?,24-,25+/m1/s1. The molecular formula is C25H38O4. The van der Waals surface area contributed by atoms with Gasteiger partial charge in [0.05, 0.1) is 6.10 Å². The molecule has 0 bridgehead atoms. The van der Waals surface area contributed by atoms with Crippen molar-refractivity contribution in [2.24, 2.45) is 22.7 Å². The minimum absolute atomic E-state index is 0.185. The van der Waals surface area contributed by atoms with Crippen molar-refractivity contribution in [3.05, 3.63) is 35.5 Å². The first-order valence-electron chi connectivity index (χ1n) is 11.2. The molecular weight excluding hydrogens is 364 g/mol. The van der Waals surface area contributed by atoms with E-state index in [9.17, 15) is 15.0 Å². The highest BCUT2D eigenvalue weighted by Crippen LogP contribution is 2.59. The number of ether oxygens (including phenoxy) is 1. The van der Waals surface area contributed by atoms with E-state index >= 15 is 0 Å². The largest absolute Gasteiger partial charge is 0.429 e. The molecule has 4 nitrogen and oxygen atoms in total. The quantitative estimate of drug-likeness (QED) is 0.461. The van der Waals surface area contributed by atoms with Gasteiger partial charge in [0.25, 0.3) is 0 Å². The number of fused-ring (bicyclic) bond motifs is 1. The van der Waals surface area contributed by atoms with Crippen molar-refractivity contribution in [2.45, 2.75) is 91.5 Å². The van der Waals surface area contributed by atoms with Crippen LogP contribution in [0.25, 0.3) is 0 Å². The van der Waals surface area contributed by atoms with Crippen LogP contribution in [0.1, 0.15) is 79.1 Å². The maximum Gasteiger partial charge on any atom is 0.333 e. The first-order valence-corrected chi connectivity index (χ1v) is 11.2. The maximum atomic E-state index is 11.5. The first kappa shape index (κ1) is 22.3. The smallest absolute Gasteiger partial charge is 0.333 e. The molecule has 162 valence electrons. The van der Waals surface area contributed by atoms with E-state index in [1.807, 2.05) is 0 Å². The molecule has 0 saturated heterocycles. The van der Waals surface area contributed by atoms with Gasteiger partial charge >= 0.3 is 5.97 Å². The van der Waals surface area contributed by atoms with E-state index in [2.05, 4.69) is 40.3 Å². The van der Waals surface area contributed by atoms with Crippen LogP contribution in [0.15, 0.2) is 35.5 Å². The predicted octanol–water partition coefficient (Wildman–Crippen LogP) is 5.06. The summed E-state index contributed by atoms with van der Waals surface area (Å²) in [6.07, 6.45) is 10.1. The molecule has 3 aliphatic rings. The van der Waals surface area contributed by atoms with Crippen molar-refractivity contribution in [1.82, 2.24) is 0 Å². The van der Waals surface area contributed by atoms with Crippen LogP contribution in [0, 0.1) is 22.7 Å². The molecule has 0 aromatic carbocycles. The Hall–Kier alpha value is -1.39. The fourth-order valence-corrected chi connectivity index (χ4v) is 6.01. The number of esters is 1. The van der Waals surface area contributed by atoms with Gasteiger partial charge in [-0.1, -0.05) is 44.4 Å². The monoisotopic (exact) mass is 402 g/mol. The van der Waals surface area contributed by atoms with Gasteiger partial charge in [0, 0.05) is 23.5 Å². The normalized spacial score (nSPS) is 38.0. The molecule has 2 aliphatic carbocycles. The Labute approximate surface area is 175 Å². The van der Waals surface area contributed by atoms with Crippen molar-refractivity contribution >= 4 is 5.97 Å². The van der Waals surface area contributed by atoms with E-state index < -0.39 is 18.4 Å².